The van der Waals surface area contributed by atoms with Gasteiger partial charge in [-0.25, -0.2) is 8.42 Å². The molecule has 7 heteroatoms. The maximum Gasteiger partial charge on any atom is 0.264 e. The van der Waals surface area contributed by atoms with Crippen molar-refractivity contribution in [3.05, 3.63) is 65.9 Å². The van der Waals surface area contributed by atoms with Crippen molar-refractivity contribution in [2.24, 2.45) is 0 Å². The van der Waals surface area contributed by atoms with Crippen molar-refractivity contribution >= 4 is 15.7 Å². The minimum absolute atomic E-state index is 0.00380. The molecule has 1 aromatic heterocycles. The van der Waals surface area contributed by atoms with E-state index < -0.39 is 10.0 Å². The molecule has 1 N–H and O–H groups in total. The van der Waals surface area contributed by atoms with E-state index in [1.165, 1.54) is 35.6 Å². The van der Waals surface area contributed by atoms with Crippen LogP contribution in [0.15, 0.2) is 63.9 Å². The molecule has 0 saturated heterocycles. The van der Waals surface area contributed by atoms with Crippen LogP contribution in [0.25, 0.3) is 11.3 Å². The summed E-state index contributed by atoms with van der Waals surface area (Å²) in [5, 5.41) is 18.3. The summed E-state index contributed by atoms with van der Waals surface area (Å²) in [6.45, 7) is 1.81. The molecule has 3 aromatic rings. The van der Waals surface area contributed by atoms with E-state index in [2.05, 4.69) is 0 Å². The number of aryl methyl sites for hydroxylation is 1. The Kier molecular flexibility index (Phi) is 4.45. The third-order valence-electron chi connectivity index (χ3n) is 4.04. The number of hydrogen-bond acceptors (Lipinski definition) is 5. The molecule has 26 heavy (non-hydrogen) atoms. The number of anilines is 1. The number of furan rings is 1. The molecular weight excluding hydrogens is 352 g/mol. The van der Waals surface area contributed by atoms with Crippen LogP contribution in [0.2, 0.25) is 0 Å². The van der Waals surface area contributed by atoms with Gasteiger partial charge in [0.1, 0.15) is 17.6 Å². The van der Waals surface area contributed by atoms with Crippen LogP contribution in [0.5, 0.6) is 5.75 Å². The van der Waals surface area contributed by atoms with E-state index in [0.29, 0.717) is 17.0 Å². The first-order chi connectivity index (χ1) is 12.3. The Bertz CT molecular complexity index is 1090. The van der Waals surface area contributed by atoms with Crippen LogP contribution in [-0.2, 0) is 10.0 Å². The highest BCUT2D eigenvalue weighted by Crippen LogP contribution is 2.31. The van der Waals surface area contributed by atoms with Crippen molar-refractivity contribution in [1.82, 2.24) is 0 Å². The fraction of sp³-hybridized carbons (Fsp3) is 0.105. The number of nitrogens with zero attached hydrogens (tertiary/aromatic N) is 2. The molecule has 0 atom stereocenters. The second-order valence-corrected chi connectivity index (χ2v) is 7.71. The Morgan fingerprint density at radius 3 is 2.38 bits per heavy atom. The molecule has 6 nitrogen and oxygen atoms in total. The SMILES string of the molecule is Cc1ccc(-c2ccc(C#N)o2)cc1N(C)S(=O)(=O)c1ccc(O)cc1. The molecule has 0 fully saturated rings. The van der Waals surface area contributed by atoms with Crippen LogP contribution in [0.4, 0.5) is 5.69 Å². The van der Waals surface area contributed by atoms with E-state index in [4.69, 9.17) is 9.68 Å². The zero-order valence-corrected chi connectivity index (χ0v) is 15.0. The van der Waals surface area contributed by atoms with Crippen molar-refractivity contribution in [3.8, 4) is 23.1 Å². The monoisotopic (exact) mass is 368 g/mol. The lowest BCUT2D eigenvalue weighted by atomic mass is 10.1. The van der Waals surface area contributed by atoms with E-state index in [9.17, 15) is 13.5 Å². The molecule has 0 aliphatic rings. The second-order valence-electron chi connectivity index (χ2n) is 5.74. The maximum absolute atomic E-state index is 12.9. The Morgan fingerprint density at radius 1 is 1.08 bits per heavy atom. The summed E-state index contributed by atoms with van der Waals surface area (Å²) in [7, 11) is -2.32. The first kappa shape index (κ1) is 17.6. The predicted octanol–water partition coefficient (Wildman–Crippen LogP) is 3.66. The van der Waals surface area contributed by atoms with Crippen LogP contribution in [0.1, 0.15) is 11.3 Å². The summed E-state index contributed by atoms with van der Waals surface area (Å²) in [5.74, 6) is 0.668. The largest absolute Gasteiger partial charge is 0.508 e. The van der Waals surface area contributed by atoms with Gasteiger partial charge in [-0.15, -0.1) is 0 Å². The van der Waals surface area contributed by atoms with Crippen LogP contribution in [0.3, 0.4) is 0 Å². The number of phenolic OH excluding ortho intramolecular Hbond substituents is 1. The fourth-order valence-corrected chi connectivity index (χ4v) is 3.81. The van der Waals surface area contributed by atoms with Crippen LogP contribution in [0, 0.1) is 18.3 Å². The molecule has 0 radical (unpaired) electrons. The van der Waals surface area contributed by atoms with Crippen LogP contribution >= 0.6 is 0 Å². The predicted molar refractivity (Wildman–Crippen MR) is 97.3 cm³/mol. The molecule has 1 heterocycles. The Morgan fingerprint density at radius 2 is 1.77 bits per heavy atom. The highest BCUT2D eigenvalue weighted by atomic mass is 32.2. The van der Waals surface area contributed by atoms with Crippen molar-refractivity contribution < 1.29 is 17.9 Å². The first-order valence-corrected chi connectivity index (χ1v) is 9.16. The quantitative estimate of drug-likeness (QED) is 0.758. The van der Waals surface area contributed by atoms with Crippen molar-refractivity contribution in [3.63, 3.8) is 0 Å². The molecule has 0 aliphatic carbocycles. The molecule has 132 valence electrons. The van der Waals surface area contributed by atoms with Crippen molar-refractivity contribution in [2.45, 2.75) is 11.8 Å². The van der Waals surface area contributed by atoms with Gasteiger partial charge in [-0.05, 0) is 55.0 Å². The molecule has 0 bridgehead atoms. The van der Waals surface area contributed by atoms with Crippen molar-refractivity contribution in [2.75, 3.05) is 11.4 Å². The van der Waals surface area contributed by atoms with E-state index in [0.717, 1.165) is 5.56 Å². The number of rotatable bonds is 4. The topological polar surface area (TPSA) is 94.5 Å². The van der Waals surface area contributed by atoms with Gasteiger partial charge in [-0.2, -0.15) is 5.26 Å². The summed E-state index contributed by atoms with van der Waals surface area (Å²) in [6, 6.07) is 15.8. The Balaban J connectivity index is 2.04. The highest BCUT2D eigenvalue weighted by Gasteiger charge is 2.23. The fourth-order valence-electron chi connectivity index (χ4n) is 2.56. The van der Waals surface area contributed by atoms with Crippen LogP contribution < -0.4 is 4.31 Å². The summed E-state index contributed by atoms with van der Waals surface area (Å²) < 4.78 is 32.4. The second kappa shape index (κ2) is 6.58. The minimum atomic E-state index is -3.79. The number of hydrogen-bond donors (Lipinski definition) is 1. The van der Waals surface area contributed by atoms with E-state index in [1.807, 2.05) is 13.0 Å². The summed E-state index contributed by atoms with van der Waals surface area (Å²) in [6.07, 6.45) is 0. The van der Waals surface area contributed by atoms with Gasteiger partial charge in [0.15, 0.2) is 0 Å². The van der Waals surface area contributed by atoms with Gasteiger partial charge in [0, 0.05) is 12.6 Å². The number of sulfonamides is 1. The molecule has 0 aliphatic heterocycles. The molecule has 3 rings (SSSR count). The third-order valence-corrected chi connectivity index (χ3v) is 5.83. The summed E-state index contributed by atoms with van der Waals surface area (Å²) in [5.41, 5.74) is 1.93. The minimum Gasteiger partial charge on any atom is -0.508 e. The molecular formula is C19H16N2O4S. The average Bonchev–Trinajstić information content (AvgIpc) is 3.11. The zero-order chi connectivity index (χ0) is 18.9. The summed E-state index contributed by atoms with van der Waals surface area (Å²) >= 11 is 0. The molecule has 2 aromatic carbocycles. The van der Waals surface area contributed by atoms with Crippen LogP contribution in [-0.4, -0.2) is 20.6 Å². The zero-order valence-electron chi connectivity index (χ0n) is 14.2. The van der Waals surface area contributed by atoms with Gasteiger partial charge in [0.2, 0.25) is 5.76 Å². The summed E-state index contributed by atoms with van der Waals surface area (Å²) in [4.78, 5) is 0.0763. The van der Waals surface area contributed by atoms with Gasteiger partial charge in [-0.3, -0.25) is 4.31 Å². The number of nitriles is 1. The highest BCUT2D eigenvalue weighted by molar-refractivity contribution is 7.92. The van der Waals surface area contributed by atoms with Gasteiger partial charge >= 0.3 is 0 Å². The number of benzene rings is 2. The Labute approximate surface area is 151 Å². The molecule has 0 amide bonds. The number of phenols is 1. The van der Waals surface area contributed by atoms with Gasteiger partial charge < -0.3 is 9.52 Å². The van der Waals surface area contributed by atoms with E-state index in [1.54, 1.807) is 30.3 Å². The molecule has 0 unspecified atom stereocenters. The lowest BCUT2D eigenvalue weighted by Gasteiger charge is -2.22. The molecule has 0 spiro atoms. The van der Waals surface area contributed by atoms with Crippen molar-refractivity contribution in [1.29, 1.82) is 5.26 Å². The van der Waals surface area contributed by atoms with E-state index in [-0.39, 0.29) is 16.4 Å². The maximum atomic E-state index is 12.9. The first-order valence-electron chi connectivity index (χ1n) is 7.72. The number of aromatic hydroxyl groups is 1. The third kappa shape index (κ3) is 3.15. The molecule has 0 saturated carbocycles. The normalized spacial score (nSPS) is 11.1. The Hall–Kier alpha value is -3.24. The lowest BCUT2D eigenvalue weighted by molar-refractivity contribution is 0.475. The lowest BCUT2D eigenvalue weighted by Crippen LogP contribution is -2.27. The van der Waals surface area contributed by atoms with Gasteiger partial charge in [0.25, 0.3) is 10.0 Å². The van der Waals surface area contributed by atoms with E-state index >= 15 is 0 Å². The van der Waals surface area contributed by atoms with Gasteiger partial charge in [-0.1, -0.05) is 12.1 Å². The smallest absolute Gasteiger partial charge is 0.264 e. The van der Waals surface area contributed by atoms with Gasteiger partial charge in [0.05, 0.1) is 10.6 Å². The standard InChI is InChI=1S/C19H16N2O4S/c1-13-3-4-14(19-10-7-16(12-20)25-19)11-18(13)21(2)26(23,24)17-8-5-15(22)6-9-17/h3-11,22H,1-2H3. The average molecular weight is 368 g/mol.